The van der Waals surface area contributed by atoms with Crippen LogP contribution in [0.5, 0.6) is 0 Å². The minimum absolute atomic E-state index is 0.123. The molecule has 136 valence electrons. The molecule has 1 aromatic carbocycles. The first kappa shape index (κ1) is 19.0. The number of carbonyl (C=O) groups is 2. The van der Waals surface area contributed by atoms with Gasteiger partial charge < -0.3 is 15.5 Å². The van der Waals surface area contributed by atoms with E-state index in [4.69, 9.17) is 5.73 Å². The summed E-state index contributed by atoms with van der Waals surface area (Å²) in [7, 11) is 0. The fourth-order valence-corrected chi connectivity index (χ4v) is 3.21. The molecule has 5 heteroatoms. The molecule has 2 N–H and O–H groups in total. The lowest BCUT2D eigenvalue weighted by Gasteiger charge is -2.34. The van der Waals surface area contributed by atoms with Crippen molar-refractivity contribution in [1.29, 1.82) is 0 Å². The highest BCUT2D eigenvalue weighted by molar-refractivity contribution is 5.81. The maximum absolute atomic E-state index is 13.0. The van der Waals surface area contributed by atoms with Crippen LogP contribution in [0.25, 0.3) is 6.08 Å². The maximum Gasteiger partial charge on any atom is 0.314 e. The molecule has 0 bridgehead atoms. The van der Waals surface area contributed by atoms with Crippen LogP contribution in [0.3, 0.4) is 0 Å². The van der Waals surface area contributed by atoms with E-state index in [9.17, 15) is 9.59 Å². The number of hydrogen-bond donors (Lipinski definition) is 1. The van der Waals surface area contributed by atoms with Gasteiger partial charge >= 0.3 is 6.03 Å². The van der Waals surface area contributed by atoms with Crippen LogP contribution in [-0.2, 0) is 4.79 Å². The van der Waals surface area contributed by atoms with Gasteiger partial charge in [-0.1, -0.05) is 56.3 Å². The molecule has 1 aliphatic rings. The first-order valence-corrected chi connectivity index (χ1v) is 9.02. The summed E-state index contributed by atoms with van der Waals surface area (Å²) in [6.45, 7) is 6.60. The van der Waals surface area contributed by atoms with Gasteiger partial charge in [0.1, 0.15) is 0 Å². The average molecular weight is 343 g/mol. The molecule has 1 aliphatic heterocycles. The Kier molecular flexibility index (Phi) is 7.04. The van der Waals surface area contributed by atoms with Crippen molar-refractivity contribution in [3.05, 3.63) is 42.0 Å². The second-order valence-electron chi connectivity index (χ2n) is 7.07. The number of hydrogen-bond acceptors (Lipinski definition) is 2. The molecule has 1 fully saturated rings. The molecule has 0 saturated carbocycles. The highest BCUT2D eigenvalue weighted by Crippen LogP contribution is 2.19. The van der Waals surface area contributed by atoms with Gasteiger partial charge in [0.25, 0.3) is 0 Å². The number of nitrogens with zero attached hydrogens (tertiary/aromatic N) is 2. The van der Waals surface area contributed by atoms with E-state index in [1.807, 2.05) is 47.4 Å². The second-order valence-corrected chi connectivity index (χ2v) is 7.07. The van der Waals surface area contributed by atoms with Crippen LogP contribution in [0.1, 0.15) is 32.3 Å². The topological polar surface area (TPSA) is 66.6 Å². The third-order valence-electron chi connectivity index (χ3n) is 4.42. The second kappa shape index (κ2) is 9.25. The van der Waals surface area contributed by atoms with E-state index in [1.54, 1.807) is 4.90 Å². The molecular formula is C20H29N3O2. The highest BCUT2D eigenvalue weighted by atomic mass is 16.2. The first-order valence-electron chi connectivity index (χ1n) is 9.02. The lowest BCUT2D eigenvalue weighted by atomic mass is 9.96. The van der Waals surface area contributed by atoms with Gasteiger partial charge in [-0.15, -0.1) is 0 Å². The van der Waals surface area contributed by atoms with Gasteiger partial charge in [-0.05, 0) is 24.3 Å². The lowest BCUT2D eigenvalue weighted by molar-refractivity contribution is -0.136. The van der Waals surface area contributed by atoms with Crippen LogP contribution in [-0.4, -0.2) is 47.9 Å². The van der Waals surface area contributed by atoms with Crippen LogP contribution in [0.15, 0.2) is 36.4 Å². The Hall–Kier alpha value is -2.30. The quantitative estimate of drug-likeness (QED) is 0.863. The molecule has 25 heavy (non-hydrogen) atoms. The van der Waals surface area contributed by atoms with E-state index >= 15 is 0 Å². The monoisotopic (exact) mass is 343 g/mol. The van der Waals surface area contributed by atoms with Crippen LogP contribution in [0.4, 0.5) is 4.79 Å². The first-order chi connectivity index (χ1) is 12.0. The minimum Gasteiger partial charge on any atom is -0.351 e. The Morgan fingerprint density at radius 2 is 2.04 bits per heavy atom. The summed E-state index contributed by atoms with van der Waals surface area (Å²) < 4.78 is 0. The van der Waals surface area contributed by atoms with Gasteiger partial charge in [0.05, 0.1) is 5.92 Å². The number of piperidine rings is 1. The lowest BCUT2D eigenvalue weighted by Crippen LogP contribution is -2.49. The molecule has 2 rings (SSSR count). The number of likely N-dealkylation sites (tertiary alicyclic amines) is 1. The summed E-state index contributed by atoms with van der Waals surface area (Å²) >= 11 is 0. The van der Waals surface area contributed by atoms with Crippen molar-refractivity contribution >= 4 is 18.0 Å². The predicted octanol–water partition coefficient (Wildman–Crippen LogP) is 2.98. The Bertz CT molecular complexity index is 598. The van der Waals surface area contributed by atoms with E-state index in [1.165, 1.54) is 0 Å². The molecule has 1 aromatic rings. The SMILES string of the molecule is CC(C)CN(C/C=C/c1ccccc1)C(=O)[C@@H]1CCCN(C(N)=O)C1. The number of rotatable bonds is 6. The van der Waals surface area contributed by atoms with Crippen molar-refractivity contribution in [1.82, 2.24) is 9.80 Å². The fraction of sp³-hybridized carbons (Fsp3) is 0.500. The standard InChI is InChI=1S/C20H29N3O2/c1-16(2)14-22(12-6-10-17-8-4-3-5-9-17)19(24)18-11-7-13-23(15-18)20(21)25/h3-6,8-10,16,18H,7,11-15H2,1-2H3,(H2,21,25)/b10-6+/t18-/m1/s1. The van der Waals surface area contributed by atoms with Gasteiger partial charge in [-0.2, -0.15) is 0 Å². The van der Waals surface area contributed by atoms with Crippen molar-refractivity contribution in [2.75, 3.05) is 26.2 Å². The maximum atomic E-state index is 13.0. The summed E-state index contributed by atoms with van der Waals surface area (Å²) in [5, 5.41) is 0. The van der Waals surface area contributed by atoms with Crippen LogP contribution in [0.2, 0.25) is 0 Å². The van der Waals surface area contributed by atoms with E-state index < -0.39 is 6.03 Å². The Morgan fingerprint density at radius 3 is 2.68 bits per heavy atom. The van der Waals surface area contributed by atoms with E-state index in [0.717, 1.165) is 18.4 Å². The molecule has 1 atom stereocenters. The molecule has 0 aliphatic carbocycles. The van der Waals surface area contributed by atoms with Crippen molar-refractivity contribution in [2.45, 2.75) is 26.7 Å². The molecule has 1 saturated heterocycles. The van der Waals surface area contributed by atoms with Crippen LogP contribution in [0, 0.1) is 11.8 Å². The molecule has 1 heterocycles. The van der Waals surface area contributed by atoms with Gasteiger partial charge in [-0.25, -0.2) is 4.79 Å². The largest absolute Gasteiger partial charge is 0.351 e. The number of amides is 3. The Morgan fingerprint density at radius 1 is 1.32 bits per heavy atom. The van der Waals surface area contributed by atoms with Gasteiger partial charge in [0.15, 0.2) is 0 Å². The Balaban J connectivity index is 2.01. The zero-order chi connectivity index (χ0) is 18.2. The van der Waals surface area contributed by atoms with Crippen molar-refractivity contribution < 1.29 is 9.59 Å². The van der Waals surface area contributed by atoms with Gasteiger partial charge in [0.2, 0.25) is 5.91 Å². The summed E-state index contributed by atoms with van der Waals surface area (Å²) in [4.78, 5) is 27.9. The van der Waals surface area contributed by atoms with E-state index in [2.05, 4.69) is 13.8 Å². The number of nitrogens with two attached hydrogens (primary N) is 1. The predicted molar refractivity (Wildman–Crippen MR) is 101 cm³/mol. The molecule has 5 nitrogen and oxygen atoms in total. The molecule has 0 spiro atoms. The molecule has 3 amide bonds. The summed E-state index contributed by atoms with van der Waals surface area (Å²) in [5.74, 6) is 0.368. The number of benzene rings is 1. The minimum atomic E-state index is -0.433. The van der Waals surface area contributed by atoms with Crippen molar-refractivity contribution in [2.24, 2.45) is 17.6 Å². The molecule has 0 unspecified atom stereocenters. The fourth-order valence-electron chi connectivity index (χ4n) is 3.21. The number of carbonyl (C=O) groups excluding carboxylic acids is 2. The van der Waals surface area contributed by atoms with Crippen molar-refractivity contribution in [3.8, 4) is 0 Å². The zero-order valence-electron chi connectivity index (χ0n) is 15.2. The third-order valence-corrected chi connectivity index (χ3v) is 4.42. The molecular weight excluding hydrogens is 314 g/mol. The number of primary amides is 1. The summed E-state index contributed by atoms with van der Waals surface area (Å²) in [6, 6.07) is 9.62. The average Bonchev–Trinajstić information content (AvgIpc) is 2.61. The van der Waals surface area contributed by atoms with Gasteiger partial charge in [0, 0.05) is 26.2 Å². The highest BCUT2D eigenvalue weighted by Gasteiger charge is 2.30. The van der Waals surface area contributed by atoms with Crippen molar-refractivity contribution in [3.63, 3.8) is 0 Å². The van der Waals surface area contributed by atoms with Crippen LogP contribution >= 0.6 is 0 Å². The molecule has 0 radical (unpaired) electrons. The number of urea groups is 1. The summed E-state index contributed by atoms with van der Waals surface area (Å²) in [6.07, 6.45) is 5.72. The van der Waals surface area contributed by atoms with E-state index in [-0.39, 0.29) is 11.8 Å². The normalized spacial score (nSPS) is 17.9. The van der Waals surface area contributed by atoms with E-state index in [0.29, 0.717) is 32.1 Å². The summed E-state index contributed by atoms with van der Waals surface area (Å²) in [5.41, 5.74) is 6.50. The zero-order valence-corrected chi connectivity index (χ0v) is 15.2. The third kappa shape index (κ3) is 5.93. The molecule has 0 aromatic heterocycles. The van der Waals surface area contributed by atoms with Crippen LogP contribution < -0.4 is 5.73 Å². The smallest absolute Gasteiger partial charge is 0.314 e. The Labute approximate surface area is 150 Å². The van der Waals surface area contributed by atoms with Gasteiger partial charge in [-0.3, -0.25) is 4.79 Å².